The van der Waals surface area contributed by atoms with E-state index in [1.165, 1.54) is 0 Å². The van der Waals surface area contributed by atoms with Crippen molar-refractivity contribution in [3.8, 4) is 0 Å². The van der Waals surface area contributed by atoms with Gasteiger partial charge < -0.3 is 19.3 Å². The Kier molecular flexibility index (Phi) is 5.16. The van der Waals surface area contributed by atoms with Crippen LogP contribution in [0.25, 0.3) is 11.2 Å². The first-order chi connectivity index (χ1) is 11.9. The fourth-order valence-corrected chi connectivity index (χ4v) is 4.34. The molecule has 136 valence electrons. The van der Waals surface area contributed by atoms with Crippen LogP contribution in [0.5, 0.6) is 0 Å². The van der Waals surface area contributed by atoms with Crippen molar-refractivity contribution in [3.63, 3.8) is 0 Å². The molecule has 0 radical (unpaired) electrons. The number of halogens is 1. The molecular formula is C15H21ClN5O3P. The van der Waals surface area contributed by atoms with E-state index in [2.05, 4.69) is 15.0 Å². The monoisotopic (exact) mass is 385 g/mol. The quantitative estimate of drug-likeness (QED) is 0.546. The smallest absolute Gasteiger partial charge is 0.353 e. The van der Waals surface area contributed by atoms with E-state index in [-0.39, 0.29) is 16.5 Å². The van der Waals surface area contributed by atoms with E-state index in [9.17, 15) is 4.57 Å². The van der Waals surface area contributed by atoms with E-state index < -0.39 is 7.60 Å². The van der Waals surface area contributed by atoms with Gasteiger partial charge in [0.15, 0.2) is 10.8 Å². The lowest BCUT2D eigenvalue weighted by Gasteiger charge is -2.15. The number of nitrogens with two attached hydrogens (primary N) is 1. The van der Waals surface area contributed by atoms with Crippen LogP contribution in [0, 0.1) is 5.41 Å². The largest absolute Gasteiger partial charge is 0.368 e. The van der Waals surface area contributed by atoms with Crippen LogP contribution in [0.1, 0.15) is 26.7 Å². The number of rotatable bonds is 8. The number of hydrogen-bond acceptors (Lipinski definition) is 7. The number of nitrogen functional groups attached to an aromatic ring is 1. The average Bonchev–Trinajstić information content (AvgIpc) is 3.20. The van der Waals surface area contributed by atoms with Crippen LogP contribution in [-0.4, -0.2) is 32.7 Å². The minimum absolute atomic E-state index is 0.108. The maximum absolute atomic E-state index is 12.6. The van der Waals surface area contributed by atoms with Crippen LogP contribution >= 0.6 is 19.2 Å². The highest BCUT2D eigenvalue weighted by atomic mass is 35.5. The van der Waals surface area contributed by atoms with Gasteiger partial charge in [0.05, 0.1) is 19.5 Å². The van der Waals surface area contributed by atoms with Crippen LogP contribution in [-0.2, 0) is 20.2 Å². The third-order valence-corrected chi connectivity index (χ3v) is 6.06. The Bertz CT molecular complexity index is 839. The first-order valence-electron chi connectivity index (χ1n) is 8.13. The predicted molar refractivity (Wildman–Crippen MR) is 96.4 cm³/mol. The van der Waals surface area contributed by atoms with Gasteiger partial charge in [0.1, 0.15) is 5.52 Å². The van der Waals surface area contributed by atoms with E-state index in [0.717, 1.165) is 12.8 Å². The molecule has 0 amide bonds. The lowest BCUT2D eigenvalue weighted by molar-refractivity contribution is 0.228. The van der Waals surface area contributed by atoms with Gasteiger partial charge in [-0.1, -0.05) is 17.7 Å². The van der Waals surface area contributed by atoms with Gasteiger partial charge in [0.2, 0.25) is 5.95 Å². The van der Waals surface area contributed by atoms with Gasteiger partial charge in [0, 0.05) is 17.8 Å². The molecule has 0 saturated heterocycles. The maximum atomic E-state index is 12.6. The van der Waals surface area contributed by atoms with Crippen LogP contribution in [0.2, 0.25) is 5.15 Å². The van der Waals surface area contributed by atoms with Gasteiger partial charge >= 0.3 is 7.60 Å². The van der Waals surface area contributed by atoms with E-state index in [1.54, 1.807) is 26.0 Å². The summed E-state index contributed by atoms with van der Waals surface area (Å²) < 4.78 is 25.1. The Morgan fingerprint density at radius 3 is 2.64 bits per heavy atom. The molecule has 0 unspecified atom stereocenters. The summed E-state index contributed by atoms with van der Waals surface area (Å²) in [6.45, 7) is 4.87. The number of fused-ring (bicyclic) bond motifs is 1. The fraction of sp³-hybridized carbons (Fsp3) is 0.533. The standard InChI is InChI=1S/C15H21ClN5O3P/c1-3-23-25(22,24-4-2)8-7-15(5-6-15)9-21-10-18-11-12(16)19-14(17)20-13(11)21/h7-8,10H,3-6,9H2,1-2H3,(H2,17,19,20). The highest BCUT2D eigenvalue weighted by molar-refractivity contribution is 7.57. The number of anilines is 1. The zero-order chi connectivity index (χ0) is 18.1. The summed E-state index contributed by atoms with van der Waals surface area (Å²) >= 11 is 6.06. The van der Waals surface area contributed by atoms with E-state index in [0.29, 0.717) is 30.9 Å². The zero-order valence-electron chi connectivity index (χ0n) is 14.2. The zero-order valence-corrected chi connectivity index (χ0v) is 15.8. The molecular weight excluding hydrogens is 365 g/mol. The predicted octanol–water partition coefficient (Wildman–Crippen LogP) is 3.62. The Morgan fingerprint density at radius 1 is 1.36 bits per heavy atom. The Morgan fingerprint density at radius 2 is 2.04 bits per heavy atom. The highest BCUT2D eigenvalue weighted by Crippen LogP contribution is 2.55. The SMILES string of the molecule is CCOP(=O)(C=CC1(Cn2cnc3c(Cl)nc(N)nc32)CC1)OCC. The number of aromatic nitrogens is 4. The third kappa shape index (κ3) is 4.03. The second-order valence-corrected chi connectivity index (χ2v) is 8.22. The topological polar surface area (TPSA) is 105 Å². The molecule has 25 heavy (non-hydrogen) atoms. The summed E-state index contributed by atoms with van der Waals surface area (Å²) in [4.78, 5) is 12.4. The van der Waals surface area contributed by atoms with E-state index in [4.69, 9.17) is 26.4 Å². The first-order valence-corrected chi connectivity index (χ1v) is 10.1. The van der Waals surface area contributed by atoms with Gasteiger partial charge in [-0.2, -0.15) is 9.97 Å². The molecule has 1 fully saturated rings. The molecule has 1 aliphatic carbocycles. The summed E-state index contributed by atoms with van der Waals surface area (Å²) in [6.07, 6.45) is 5.53. The molecule has 0 aliphatic heterocycles. The highest BCUT2D eigenvalue weighted by Gasteiger charge is 2.41. The summed E-state index contributed by atoms with van der Waals surface area (Å²) in [6, 6.07) is 0. The molecule has 2 heterocycles. The van der Waals surface area contributed by atoms with Crippen molar-refractivity contribution in [2.45, 2.75) is 33.2 Å². The molecule has 2 aromatic heterocycles. The summed E-state index contributed by atoms with van der Waals surface area (Å²) in [5.41, 5.74) is 6.67. The van der Waals surface area contributed by atoms with Gasteiger partial charge in [0.25, 0.3) is 0 Å². The van der Waals surface area contributed by atoms with Gasteiger partial charge in [-0.05, 0) is 26.7 Å². The molecule has 3 rings (SSSR count). The molecule has 0 bridgehead atoms. The van der Waals surface area contributed by atoms with Crippen LogP contribution in [0.4, 0.5) is 5.95 Å². The van der Waals surface area contributed by atoms with Crippen molar-refractivity contribution in [2.24, 2.45) is 5.41 Å². The van der Waals surface area contributed by atoms with Gasteiger partial charge in [-0.15, -0.1) is 0 Å². The van der Waals surface area contributed by atoms with Crippen molar-refractivity contribution in [3.05, 3.63) is 23.4 Å². The molecule has 0 aromatic carbocycles. The van der Waals surface area contributed by atoms with Crippen molar-refractivity contribution in [1.29, 1.82) is 0 Å². The Balaban J connectivity index is 1.83. The molecule has 1 aliphatic rings. The molecule has 2 aromatic rings. The summed E-state index contributed by atoms with van der Waals surface area (Å²) in [7, 11) is -3.20. The van der Waals surface area contributed by atoms with E-state index in [1.807, 2.05) is 10.6 Å². The van der Waals surface area contributed by atoms with Crippen LogP contribution in [0.3, 0.4) is 0 Å². The van der Waals surface area contributed by atoms with Gasteiger partial charge in [-0.3, -0.25) is 4.57 Å². The van der Waals surface area contributed by atoms with Crippen molar-refractivity contribution in [1.82, 2.24) is 19.5 Å². The first kappa shape index (κ1) is 18.3. The lowest BCUT2D eigenvalue weighted by Crippen LogP contribution is -2.10. The minimum Gasteiger partial charge on any atom is -0.368 e. The van der Waals surface area contributed by atoms with Crippen molar-refractivity contribution in [2.75, 3.05) is 18.9 Å². The Labute approximate surface area is 150 Å². The second-order valence-electron chi connectivity index (χ2n) is 5.97. The summed E-state index contributed by atoms with van der Waals surface area (Å²) in [5.74, 6) is 1.68. The van der Waals surface area contributed by atoms with Crippen molar-refractivity contribution < 1.29 is 13.6 Å². The molecule has 1 saturated carbocycles. The number of hydrogen-bond donors (Lipinski definition) is 1. The van der Waals surface area contributed by atoms with Gasteiger partial charge in [-0.25, -0.2) is 4.98 Å². The molecule has 8 nitrogen and oxygen atoms in total. The van der Waals surface area contributed by atoms with Crippen LogP contribution < -0.4 is 5.73 Å². The molecule has 0 spiro atoms. The normalized spacial score (nSPS) is 16.8. The molecule has 2 N–H and O–H groups in total. The number of allylic oxidation sites excluding steroid dienone is 1. The number of nitrogens with zero attached hydrogens (tertiary/aromatic N) is 4. The lowest BCUT2D eigenvalue weighted by atomic mass is 10.1. The fourth-order valence-electron chi connectivity index (χ4n) is 2.65. The van der Waals surface area contributed by atoms with Crippen molar-refractivity contribution >= 4 is 36.3 Å². The average molecular weight is 386 g/mol. The van der Waals surface area contributed by atoms with E-state index >= 15 is 0 Å². The Hall–Kier alpha value is -1.47. The minimum atomic E-state index is -3.20. The summed E-state index contributed by atoms with van der Waals surface area (Å²) in [5, 5.41) is 0.235. The third-order valence-electron chi connectivity index (χ3n) is 4.04. The number of imidazole rings is 1. The second kappa shape index (κ2) is 7.03. The molecule has 0 atom stereocenters. The van der Waals surface area contributed by atoms with Crippen LogP contribution in [0.15, 0.2) is 18.2 Å². The molecule has 10 heteroatoms. The maximum Gasteiger partial charge on any atom is 0.353 e.